The summed E-state index contributed by atoms with van der Waals surface area (Å²) in [4.78, 5) is 25.5. The van der Waals surface area contributed by atoms with E-state index in [9.17, 15) is 9.59 Å². The number of amides is 2. The highest BCUT2D eigenvalue weighted by Crippen LogP contribution is 2.16. The minimum Gasteiger partial charge on any atom is -0.356 e. The third-order valence-electron chi connectivity index (χ3n) is 4.27. The molecule has 0 spiro atoms. The van der Waals surface area contributed by atoms with Gasteiger partial charge < -0.3 is 16.0 Å². The van der Waals surface area contributed by atoms with Gasteiger partial charge in [0.05, 0.1) is 0 Å². The molecule has 0 aromatic heterocycles. The molecule has 1 fully saturated rings. The number of hydrogen-bond acceptors (Lipinski definition) is 3. The number of hydrogen-bond donors (Lipinski definition) is 2. The van der Waals surface area contributed by atoms with Gasteiger partial charge in [-0.3, -0.25) is 9.59 Å². The number of nitrogens with one attached hydrogen (secondary N) is 1. The molecule has 22 heavy (non-hydrogen) atoms. The maximum absolute atomic E-state index is 12.0. The van der Waals surface area contributed by atoms with Crippen LogP contribution in [0.5, 0.6) is 0 Å². The first-order chi connectivity index (χ1) is 10.6. The molecule has 0 bridgehead atoms. The van der Waals surface area contributed by atoms with Crippen LogP contribution >= 0.6 is 0 Å². The number of nitrogens with two attached hydrogens (primary N) is 1. The van der Waals surface area contributed by atoms with Gasteiger partial charge in [0.2, 0.25) is 11.8 Å². The first kappa shape index (κ1) is 18.9. The molecule has 5 nitrogen and oxygen atoms in total. The molecular weight excluding hydrogens is 278 g/mol. The van der Waals surface area contributed by atoms with E-state index < -0.39 is 0 Å². The zero-order chi connectivity index (χ0) is 16.2. The van der Waals surface area contributed by atoms with Gasteiger partial charge >= 0.3 is 0 Å². The fourth-order valence-electron chi connectivity index (χ4n) is 2.82. The number of unbranched alkanes of at least 4 members (excludes halogenated alkanes) is 4. The lowest BCUT2D eigenvalue weighted by Crippen LogP contribution is -2.28. The van der Waals surface area contributed by atoms with Crippen LogP contribution in [-0.4, -0.2) is 42.9 Å². The second kappa shape index (κ2) is 11.5. The molecular formula is C17H33N3O2. The molecule has 0 radical (unpaired) electrons. The van der Waals surface area contributed by atoms with Gasteiger partial charge in [-0.05, 0) is 44.6 Å². The predicted octanol–water partition coefficient (Wildman–Crippen LogP) is 2.05. The topological polar surface area (TPSA) is 75.4 Å². The highest BCUT2D eigenvalue weighted by molar-refractivity contribution is 5.76. The Bertz CT molecular complexity index is 334. The molecule has 0 aromatic rings. The summed E-state index contributed by atoms with van der Waals surface area (Å²) in [7, 11) is 0. The van der Waals surface area contributed by atoms with Crippen molar-refractivity contribution < 1.29 is 9.59 Å². The Morgan fingerprint density at radius 2 is 1.82 bits per heavy atom. The Morgan fingerprint density at radius 1 is 1.09 bits per heavy atom. The number of carbonyl (C=O) groups is 2. The van der Waals surface area contributed by atoms with Crippen LogP contribution in [0.25, 0.3) is 0 Å². The van der Waals surface area contributed by atoms with E-state index in [0.29, 0.717) is 31.2 Å². The Balaban J connectivity index is 1.90. The van der Waals surface area contributed by atoms with Crippen molar-refractivity contribution >= 4 is 11.8 Å². The van der Waals surface area contributed by atoms with E-state index in [-0.39, 0.29) is 5.91 Å². The second-order valence-electron chi connectivity index (χ2n) is 6.49. The Morgan fingerprint density at radius 3 is 2.50 bits per heavy atom. The van der Waals surface area contributed by atoms with Crippen LogP contribution in [0.4, 0.5) is 0 Å². The van der Waals surface area contributed by atoms with E-state index in [1.54, 1.807) is 0 Å². The monoisotopic (exact) mass is 311 g/mol. The van der Waals surface area contributed by atoms with Gasteiger partial charge in [0.25, 0.3) is 0 Å². The van der Waals surface area contributed by atoms with Gasteiger partial charge in [-0.2, -0.15) is 0 Å². The van der Waals surface area contributed by atoms with E-state index in [1.807, 2.05) is 4.90 Å². The Hall–Kier alpha value is -1.10. The Labute approximate surface area is 135 Å². The van der Waals surface area contributed by atoms with Gasteiger partial charge in [0, 0.05) is 32.5 Å². The molecule has 1 saturated heterocycles. The van der Waals surface area contributed by atoms with Crippen molar-refractivity contribution in [1.82, 2.24) is 10.2 Å². The molecule has 0 saturated carbocycles. The van der Waals surface area contributed by atoms with Crippen LogP contribution in [0, 0.1) is 5.92 Å². The summed E-state index contributed by atoms with van der Waals surface area (Å²) in [6.45, 7) is 5.49. The number of carbonyl (C=O) groups excluding carboxylic acids is 2. The second-order valence-corrected chi connectivity index (χ2v) is 6.49. The van der Waals surface area contributed by atoms with Crippen molar-refractivity contribution in [1.29, 1.82) is 0 Å². The van der Waals surface area contributed by atoms with Gasteiger partial charge in [-0.15, -0.1) is 0 Å². The minimum absolute atomic E-state index is 0.138. The highest BCUT2D eigenvalue weighted by atomic mass is 16.2. The molecule has 0 aliphatic carbocycles. The fourth-order valence-corrected chi connectivity index (χ4v) is 2.82. The highest BCUT2D eigenvalue weighted by Gasteiger charge is 2.22. The first-order valence-electron chi connectivity index (χ1n) is 8.88. The molecule has 1 heterocycles. The number of rotatable bonds is 11. The van der Waals surface area contributed by atoms with Crippen molar-refractivity contribution in [3.8, 4) is 0 Å². The molecule has 128 valence electrons. The average molecular weight is 311 g/mol. The van der Waals surface area contributed by atoms with E-state index in [4.69, 9.17) is 5.73 Å². The third kappa shape index (κ3) is 8.37. The van der Waals surface area contributed by atoms with Crippen molar-refractivity contribution in [3.63, 3.8) is 0 Å². The average Bonchev–Trinajstić information content (AvgIpc) is 2.93. The number of nitrogens with zero attached hydrogens (tertiary/aromatic N) is 1. The van der Waals surface area contributed by atoms with Crippen LogP contribution in [0.2, 0.25) is 0 Å². The first-order valence-corrected chi connectivity index (χ1v) is 8.88. The number of likely N-dealkylation sites (tertiary alicyclic amines) is 1. The Kier molecular flexibility index (Phi) is 9.87. The fraction of sp³-hybridized carbons (Fsp3) is 0.882. The van der Waals surface area contributed by atoms with Crippen LogP contribution in [0.15, 0.2) is 0 Å². The zero-order valence-electron chi connectivity index (χ0n) is 14.1. The molecule has 1 aliphatic heterocycles. The molecule has 0 unspecified atom stereocenters. The molecule has 0 aromatic carbocycles. The smallest absolute Gasteiger partial charge is 0.222 e. The summed E-state index contributed by atoms with van der Waals surface area (Å²) in [5.41, 5.74) is 5.41. The maximum Gasteiger partial charge on any atom is 0.222 e. The van der Waals surface area contributed by atoms with Crippen LogP contribution < -0.4 is 11.1 Å². The summed E-state index contributed by atoms with van der Waals surface area (Å²) >= 11 is 0. The van der Waals surface area contributed by atoms with Crippen LogP contribution in [-0.2, 0) is 9.59 Å². The molecule has 1 rings (SSSR count). The largest absolute Gasteiger partial charge is 0.356 e. The van der Waals surface area contributed by atoms with E-state index in [2.05, 4.69) is 12.2 Å². The van der Waals surface area contributed by atoms with E-state index >= 15 is 0 Å². The standard InChI is InChI=1S/C17H33N3O2/c1-15-10-13-20(14-15)17(22)9-5-3-7-12-19-16(21)8-4-2-6-11-18/h15H,2-14,18H2,1H3,(H,19,21)/t15-/m0/s1. The van der Waals surface area contributed by atoms with Gasteiger partial charge in [0.1, 0.15) is 0 Å². The molecule has 3 N–H and O–H groups in total. The normalized spacial score (nSPS) is 17.7. The molecule has 1 aliphatic rings. The van der Waals surface area contributed by atoms with Crippen molar-refractivity contribution in [2.45, 2.75) is 64.7 Å². The van der Waals surface area contributed by atoms with Crippen molar-refractivity contribution in [2.75, 3.05) is 26.2 Å². The van der Waals surface area contributed by atoms with Gasteiger partial charge in [-0.25, -0.2) is 0 Å². The van der Waals surface area contributed by atoms with E-state index in [1.165, 1.54) is 0 Å². The lowest BCUT2D eigenvalue weighted by Gasteiger charge is -2.15. The van der Waals surface area contributed by atoms with Gasteiger partial charge in [-0.1, -0.05) is 19.8 Å². The summed E-state index contributed by atoms with van der Waals surface area (Å²) < 4.78 is 0. The van der Waals surface area contributed by atoms with Gasteiger partial charge in [0.15, 0.2) is 0 Å². The quantitative estimate of drug-likeness (QED) is 0.573. The SMILES string of the molecule is C[C@H]1CCN(C(=O)CCCCCNC(=O)CCCCCN)C1. The molecule has 1 atom stereocenters. The summed E-state index contributed by atoms with van der Waals surface area (Å²) in [6.07, 6.45) is 8.23. The summed E-state index contributed by atoms with van der Waals surface area (Å²) in [5.74, 6) is 1.09. The van der Waals surface area contributed by atoms with E-state index in [0.717, 1.165) is 64.6 Å². The van der Waals surface area contributed by atoms with Crippen molar-refractivity contribution in [2.24, 2.45) is 11.7 Å². The minimum atomic E-state index is 0.138. The summed E-state index contributed by atoms with van der Waals surface area (Å²) in [5, 5.41) is 2.94. The molecule has 5 heteroatoms. The zero-order valence-corrected chi connectivity index (χ0v) is 14.1. The van der Waals surface area contributed by atoms with Crippen molar-refractivity contribution in [3.05, 3.63) is 0 Å². The lowest BCUT2D eigenvalue weighted by atomic mass is 10.1. The predicted molar refractivity (Wildman–Crippen MR) is 89.4 cm³/mol. The molecule has 2 amide bonds. The third-order valence-corrected chi connectivity index (χ3v) is 4.27. The summed E-state index contributed by atoms with van der Waals surface area (Å²) in [6, 6.07) is 0. The maximum atomic E-state index is 12.0. The van der Waals surface area contributed by atoms with Crippen LogP contribution in [0.3, 0.4) is 0 Å². The lowest BCUT2D eigenvalue weighted by molar-refractivity contribution is -0.130. The van der Waals surface area contributed by atoms with Crippen LogP contribution in [0.1, 0.15) is 64.7 Å².